The number of hydrogen-bond donors (Lipinski definition) is 1. The molecular formula is C20H20N2O3. The van der Waals surface area contributed by atoms with E-state index in [1.165, 1.54) is 13.2 Å². The molecule has 128 valence electrons. The summed E-state index contributed by atoms with van der Waals surface area (Å²) in [5.41, 5.74) is 1.25. The maximum Gasteiger partial charge on any atom is 0.266 e. The lowest BCUT2D eigenvalue weighted by atomic mass is 10.1. The average molecular weight is 336 g/mol. The maximum absolute atomic E-state index is 12.3. The number of rotatable bonds is 6. The van der Waals surface area contributed by atoms with Gasteiger partial charge in [-0.05, 0) is 49.8 Å². The number of nitrogens with one attached hydrogen (secondary N) is 1. The first-order valence-corrected chi connectivity index (χ1v) is 7.86. The summed E-state index contributed by atoms with van der Waals surface area (Å²) in [5, 5.41) is 12.0. The van der Waals surface area contributed by atoms with E-state index in [-0.39, 0.29) is 11.7 Å². The first-order valence-electron chi connectivity index (χ1n) is 7.86. The number of carbonyl (C=O) groups is 1. The van der Waals surface area contributed by atoms with Crippen LogP contribution in [-0.2, 0) is 4.79 Å². The third-order valence-electron chi connectivity index (χ3n) is 3.28. The lowest BCUT2D eigenvalue weighted by molar-refractivity contribution is -0.112. The third-order valence-corrected chi connectivity index (χ3v) is 3.28. The van der Waals surface area contributed by atoms with Crippen LogP contribution in [0.4, 0.5) is 5.69 Å². The van der Waals surface area contributed by atoms with Gasteiger partial charge in [-0.1, -0.05) is 24.3 Å². The van der Waals surface area contributed by atoms with Gasteiger partial charge in [-0.3, -0.25) is 4.79 Å². The Morgan fingerprint density at radius 2 is 1.84 bits per heavy atom. The van der Waals surface area contributed by atoms with Crippen LogP contribution in [0, 0.1) is 11.3 Å². The summed E-state index contributed by atoms with van der Waals surface area (Å²) in [6.07, 6.45) is 1.62. The maximum atomic E-state index is 12.3. The molecule has 0 atom stereocenters. The highest BCUT2D eigenvalue weighted by Crippen LogP contribution is 2.24. The number of nitrogens with zero attached hydrogens (tertiary/aromatic N) is 1. The topological polar surface area (TPSA) is 71.3 Å². The first-order chi connectivity index (χ1) is 12.0. The molecule has 0 saturated heterocycles. The van der Waals surface area contributed by atoms with E-state index < -0.39 is 5.91 Å². The molecule has 25 heavy (non-hydrogen) atoms. The Kier molecular flexibility index (Phi) is 6.19. The fourth-order valence-corrected chi connectivity index (χ4v) is 2.17. The molecule has 0 unspecified atom stereocenters. The van der Waals surface area contributed by atoms with Crippen LogP contribution in [0.3, 0.4) is 0 Å². The molecule has 0 saturated carbocycles. The van der Waals surface area contributed by atoms with Gasteiger partial charge in [0.15, 0.2) is 0 Å². The van der Waals surface area contributed by atoms with E-state index in [0.29, 0.717) is 11.4 Å². The van der Waals surface area contributed by atoms with Crippen LogP contribution in [0.25, 0.3) is 6.08 Å². The van der Waals surface area contributed by atoms with E-state index in [9.17, 15) is 10.1 Å². The standard InChI is InChI=1S/C20H20N2O3/c1-14(2)25-17-10-8-15(9-11-17)12-16(13-21)20(23)22-18-6-4-5-7-19(18)24-3/h4-12,14H,1-3H3,(H,22,23)/b16-12+. The molecule has 2 aromatic rings. The van der Waals surface area contributed by atoms with Gasteiger partial charge in [-0.25, -0.2) is 0 Å². The quantitative estimate of drug-likeness (QED) is 0.638. The highest BCUT2D eigenvalue weighted by Gasteiger charge is 2.12. The molecule has 5 nitrogen and oxygen atoms in total. The lowest BCUT2D eigenvalue weighted by Gasteiger charge is -2.10. The molecule has 0 aliphatic carbocycles. The number of benzene rings is 2. The SMILES string of the molecule is COc1ccccc1NC(=O)/C(C#N)=C/c1ccc(OC(C)C)cc1. The second-order valence-corrected chi connectivity index (χ2v) is 5.56. The van der Waals surface area contributed by atoms with Crippen molar-refractivity contribution >= 4 is 17.7 Å². The number of methoxy groups -OCH3 is 1. The van der Waals surface area contributed by atoms with Gasteiger partial charge in [0, 0.05) is 0 Å². The summed E-state index contributed by atoms with van der Waals surface area (Å²) in [5.74, 6) is 0.780. The zero-order valence-electron chi connectivity index (χ0n) is 14.4. The van der Waals surface area contributed by atoms with Crippen LogP contribution >= 0.6 is 0 Å². The zero-order chi connectivity index (χ0) is 18.2. The highest BCUT2D eigenvalue weighted by atomic mass is 16.5. The van der Waals surface area contributed by atoms with E-state index in [4.69, 9.17) is 9.47 Å². The van der Waals surface area contributed by atoms with E-state index >= 15 is 0 Å². The van der Waals surface area contributed by atoms with Crippen LogP contribution in [0.2, 0.25) is 0 Å². The van der Waals surface area contributed by atoms with Crippen molar-refractivity contribution in [3.05, 3.63) is 59.7 Å². The summed E-state index contributed by atoms with van der Waals surface area (Å²) in [7, 11) is 1.52. The van der Waals surface area contributed by atoms with Gasteiger partial charge in [-0.2, -0.15) is 5.26 Å². The molecule has 0 spiro atoms. The molecule has 0 fully saturated rings. The van der Waals surface area contributed by atoms with Crippen LogP contribution in [-0.4, -0.2) is 19.1 Å². The summed E-state index contributed by atoms with van der Waals surface area (Å²) in [6, 6.07) is 16.2. The summed E-state index contributed by atoms with van der Waals surface area (Å²) in [4.78, 5) is 12.3. The van der Waals surface area contributed by atoms with E-state index in [2.05, 4.69) is 5.32 Å². The Hall–Kier alpha value is -3.26. The Balaban J connectivity index is 2.16. The van der Waals surface area contributed by atoms with E-state index in [1.807, 2.05) is 19.9 Å². The molecule has 0 bridgehead atoms. The fourth-order valence-electron chi connectivity index (χ4n) is 2.17. The zero-order valence-corrected chi connectivity index (χ0v) is 14.4. The summed E-state index contributed by atoms with van der Waals surface area (Å²) >= 11 is 0. The van der Waals surface area contributed by atoms with Crippen molar-refractivity contribution in [3.63, 3.8) is 0 Å². The number of para-hydroxylation sites is 2. The second kappa shape index (κ2) is 8.55. The Labute approximate surface area is 147 Å². The van der Waals surface area contributed by atoms with Crippen molar-refractivity contribution in [1.82, 2.24) is 0 Å². The van der Waals surface area contributed by atoms with Crippen LogP contribution in [0.15, 0.2) is 54.1 Å². The molecule has 0 aliphatic heterocycles. The second-order valence-electron chi connectivity index (χ2n) is 5.56. The molecule has 1 amide bonds. The minimum absolute atomic E-state index is 0.00318. The monoisotopic (exact) mass is 336 g/mol. The Morgan fingerprint density at radius 1 is 1.16 bits per heavy atom. The van der Waals surface area contributed by atoms with Gasteiger partial charge in [0.05, 0.1) is 18.9 Å². The van der Waals surface area contributed by atoms with Crippen molar-refractivity contribution in [1.29, 1.82) is 5.26 Å². The van der Waals surface area contributed by atoms with Crippen molar-refractivity contribution in [2.75, 3.05) is 12.4 Å². The van der Waals surface area contributed by atoms with Crippen molar-refractivity contribution in [2.24, 2.45) is 0 Å². The molecule has 2 rings (SSSR count). The minimum Gasteiger partial charge on any atom is -0.495 e. The molecule has 0 aliphatic rings. The largest absolute Gasteiger partial charge is 0.495 e. The Bertz CT molecular complexity index is 802. The number of anilines is 1. The molecule has 0 radical (unpaired) electrons. The van der Waals surface area contributed by atoms with E-state index in [0.717, 1.165) is 11.3 Å². The van der Waals surface area contributed by atoms with E-state index in [1.54, 1.807) is 48.5 Å². The summed E-state index contributed by atoms with van der Waals surface area (Å²) in [6.45, 7) is 3.90. The van der Waals surface area contributed by atoms with Crippen molar-refractivity contribution in [3.8, 4) is 17.6 Å². The number of carbonyl (C=O) groups excluding carboxylic acids is 1. The third kappa shape index (κ3) is 5.11. The smallest absolute Gasteiger partial charge is 0.266 e. The number of ether oxygens (including phenoxy) is 2. The molecular weight excluding hydrogens is 316 g/mol. The summed E-state index contributed by atoms with van der Waals surface area (Å²) < 4.78 is 10.8. The number of amides is 1. The fraction of sp³-hybridized carbons (Fsp3) is 0.200. The Morgan fingerprint density at radius 3 is 2.44 bits per heavy atom. The van der Waals surface area contributed by atoms with Gasteiger partial charge in [0.2, 0.25) is 0 Å². The first kappa shape index (κ1) is 18.1. The molecule has 0 aromatic heterocycles. The number of hydrogen-bond acceptors (Lipinski definition) is 4. The van der Waals surface area contributed by atoms with Gasteiger partial charge < -0.3 is 14.8 Å². The van der Waals surface area contributed by atoms with Gasteiger partial charge >= 0.3 is 0 Å². The average Bonchev–Trinajstić information content (AvgIpc) is 2.61. The van der Waals surface area contributed by atoms with Crippen LogP contribution in [0.1, 0.15) is 19.4 Å². The molecule has 0 heterocycles. The predicted octanol–water partition coefficient (Wildman–Crippen LogP) is 4.03. The van der Waals surface area contributed by atoms with Gasteiger partial charge in [0.1, 0.15) is 23.1 Å². The number of nitriles is 1. The molecule has 2 aromatic carbocycles. The van der Waals surface area contributed by atoms with Crippen molar-refractivity contribution in [2.45, 2.75) is 20.0 Å². The highest BCUT2D eigenvalue weighted by molar-refractivity contribution is 6.10. The normalized spacial score (nSPS) is 10.9. The molecule has 1 N–H and O–H groups in total. The lowest BCUT2D eigenvalue weighted by Crippen LogP contribution is -2.14. The van der Waals surface area contributed by atoms with Gasteiger partial charge in [0.25, 0.3) is 5.91 Å². The minimum atomic E-state index is -0.491. The van der Waals surface area contributed by atoms with Gasteiger partial charge in [-0.15, -0.1) is 0 Å². The van der Waals surface area contributed by atoms with Crippen LogP contribution < -0.4 is 14.8 Å². The van der Waals surface area contributed by atoms with Crippen molar-refractivity contribution < 1.29 is 14.3 Å². The van der Waals surface area contributed by atoms with Crippen LogP contribution in [0.5, 0.6) is 11.5 Å². The predicted molar refractivity (Wildman–Crippen MR) is 97.4 cm³/mol. The molecule has 5 heteroatoms.